The molecule has 0 aromatic heterocycles. The first-order valence-corrected chi connectivity index (χ1v) is 7.22. The Morgan fingerprint density at radius 2 is 1.14 bits per heavy atom. The van der Waals surface area contributed by atoms with Crippen LogP contribution >= 0.6 is 0 Å². The molecule has 0 radical (unpaired) electrons. The Balaban J connectivity index is 2.08. The number of nitrogens with zero attached hydrogens (tertiary/aromatic N) is 1. The summed E-state index contributed by atoms with van der Waals surface area (Å²) in [6, 6.07) is 19.1. The Hall–Kier alpha value is -2.42. The second kappa shape index (κ2) is 5.92. The van der Waals surface area contributed by atoms with Gasteiger partial charge >= 0.3 is 0 Å². The van der Waals surface area contributed by atoms with E-state index in [4.69, 9.17) is 0 Å². The molecule has 1 aliphatic heterocycles. The van der Waals surface area contributed by atoms with E-state index in [2.05, 4.69) is 0 Å². The van der Waals surface area contributed by atoms with Gasteiger partial charge in [-0.3, -0.25) is 14.5 Å². The van der Waals surface area contributed by atoms with Crippen LogP contribution in [0.5, 0.6) is 0 Å². The van der Waals surface area contributed by atoms with Gasteiger partial charge < -0.3 is 0 Å². The molecule has 2 amide bonds. The van der Waals surface area contributed by atoms with Gasteiger partial charge in [0.2, 0.25) is 11.8 Å². The number of likely N-dealkylation sites (tertiary alicyclic amines) is 1. The van der Waals surface area contributed by atoms with Crippen molar-refractivity contribution in [3.05, 3.63) is 71.8 Å². The lowest BCUT2D eigenvalue weighted by Gasteiger charge is -2.33. The van der Waals surface area contributed by atoms with E-state index >= 15 is 0 Å². The fourth-order valence-electron chi connectivity index (χ4n) is 2.82. The zero-order chi connectivity index (χ0) is 14.7. The SMILES string of the molecule is O=C1CCCC(=O)N1C(c1ccccc1)c1ccccc1. The highest BCUT2D eigenvalue weighted by molar-refractivity contribution is 5.98. The maximum absolute atomic E-state index is 12.3. The Morgan fingerprint density at radius 1 is 0.714 bits per heavy atom. The van der Waals surface area contributed by atoms with Gasteiger partial charge in [-0.25, -0.2) is 0 Å². The van der Waals surface area contributed by atoms with E-state index < -0.39 is 0 Å². The van der Waals surface area contributed by atoms with Crippen molar-refractivity contribution in [2.24, 2.45) is 0 Å². The predicted molar refractivity (Wildman–Crippen MR) is 80.4 cm³/mol. The first-order chi connectivity index (χ1) is 10.3. The van der Waals surface area contributed by atoms with E-state index in [0.29, 0.717) is 19.3 Å². The second-order valence-corrected chi connectivity index (χ2v) is 5.23. The van der Waals surface area contributed by atoms with Gasteiger partial charge in [0.1, 0.15) is 0 Å². The molecular weight excluding hydrogens is 262 g/mol. The summed E-state index contributed by atoms with van der Waals surface area (Å²) < 4.78 is 0. The molecule has 106 valence electrons. The molecular formula is C18H17NO2. The number of hydrogen-bond acceptors (Lipinski definition) is 2. The van der Waals surface area contributed by atoms with Crippen LogP contribution in [-0.2, 0) is 9.59 Å². The molecule has 1 fully saturated rings. The van der Waals surface area contributed by atoms with Gasteiger partial charge in [0.25, 0.3) is 0 Å². The summed E-state index contributed by atoms with van der Waals surface area (Å²) >= 11 is 0. The summed E-state index contributed by atoms with van der Waals surface area (Å²) in [6.45, 7) is 0. The molecule has 0 unspecified atom stereocenters. The first kappa shape index (κ1) is 13.6. The second-order valence-electron chi connectivity index (χ2n) is 5.23. The molecule has 2 aromatic rings. The fourth-order valence-corrected chi connectivity index (χ4v) is 2.82. The molecule has 0 aliphatic carbocycles. The monoisotopic (exact) mass is 279 g/mol. The van der Waals surface area contributed by atoms with E-state index in [-0.39, 0.29) is 17.9 Å². The fraction of sp³-hybridized carbons (Fsp3) is 0.222. The maximum Gasteiger partial charge on any atom is 0.230 e. The van der Waals surface area contributed by atoms with Gasteiger partial charge in [-0.1, -0.05) is 60.7 Å². The van der Waals surface area contributed by atoms with E-state index in [1.165, 1.54) is 4.90 Å². The van der Waals surface area contributed by atoms with Crippen LogP contribution in [0.4, 0.5) is 0 Å². The third-order valence-electron chi connectivity index (χ3n) is 3.81. The van der Waals surface area contributed by atoms with Crippen LogP contribution in [0.15, 0.2) is 60.7 Å². The van der Waals surface area contributed by atoms with Gasteiger partial charge in [-0.2, -0.15) is 0 Å². The summed E-state index contributed by atoms with van der Waals surface area (Å²) in [5.74, 6) is -0.159. The Bertz CT molecular complexity index is 581. The predicted octanol–water partition coefficient (Wildman–Crippen LogP) is 3.32. The van der Waals surface area contributed by atoms with Gasteiger partial charge in [-0.15, -0.1) is 0 Å². The summed E-state index contributed by atoms with van der Waals surface area (Å²) in [6.07, 6.45) is 1.55. The molecule has 0 N–H and O–H groups in total. The topological polar surface area (TPSA) is 37.4 Å². The van der Waals surface area contributed by atoms with Crippen LogP contribution in [0.2, 0.25) is 0 Å². The summed E-state index contributed by atoms with van der Waals surface area (Å²) in [4.78, 5) is 26.0. The first-order valence-electron chi connectivity index (χ1n) is 7.22. The molecule has 2 aromatic carbocycles. The molecule has 1 heterocycles. The third-order valence-corrected chi connectivity index (χ3v) is 3.81. The molecule has 0 spiro atoms. The minimum atomic E-state index is -0.326. The molecule has 0 atom stereocenters. The number of benzene rings is 2. The highest BCUT2D eigenvalue weighted by Crippen LogP contribution is 2.32. The number of amides is 2. The van der Waals surface area contributed by atoms with Crippen molar-refractivity contribution >= 4 is 11.8 Å². The van der Waals surface area contributed by atoms with E-state index in [9.17, 15) is 9.59 Å². The molecule has 3 rings (SSSR count). The lowest BCUT2D eigenvalue weighted by atomic mass is 9.94. The lowest BCUT2D eigenvalue weighted by molar-refractivity contribution is -0.150. The summed E-state index contributed by atoms with van der Waals surface area (Å²) in [7, 11) is 0. The minimum absolute atomic E-state index is 0.0797. The molecule has 0 saturated carbocycles. The quantitative estimate of drug-likeness (QED) is 0.808. The third kappa shape index (κ3) is 2.72. The average Bonchev–Trinajstić information content (AvgIpc) is 2.53. The lowest BCUT2D eigenvalue weighted by Crippen LogP contribution is -2.43. The van der Waals surface area contributed by atoms with Gasteiger partial charge in [0, 0.05) is 12.8 Å². The zero-order valence-corrected chi connectivity index (χ0v) is 11.7. The molecule has 1 aliphatic rings. The number of carbonyl (C=O) groups is 2. The van der Waals surface area contributed by atoms with Crippen LogP contribution in [0, 0.1) is 0 Å². The Labute approximate surface area is 124 Å². The van der Waals surface area contributed by atoms with Crippen molar-refractivity contribution in [2.45, 2.75) is 25.3 Å². The number of hydrogen-bond donors (Lipinski definition) is 0. The summed E-state index contributed by atoms with van der Waals surface area (Å²) in [5, 5.41) is 0. The molecule has 21 heavy (non-hydrogen) atoms. The molecule has 3 nitrogen and oxygen atoms in total. The van der Waals surface area contributed by atoms with Gasteiger partial charge in [0.05, 0.1) is 6.04 Å². The van der Waals surface area contributed by atoms with Crippen molar-refractivity contribution in [3.8, 4) is 0 Å². The van der Waals surface area contributed by atoms with E-state index in [0.717, 1.165) is 11.1 Å². The Morgan fingerprint density at radius 3 is 1.57 bits per heavy atom. The number of rotatable bonds is 3. The molecule has 3 heteroatoms. The maximum atomic E-state index is 12.3. The van der Waals surface area contributed by atoms with Crippen LogP contribution in [0.3, 0.4) is 0 Å². The van der Waals surface area contributed by atoms with Crippen LogP contribution in [0.25, 0.3) is 0 Å². The largest absolute Gasteiger partial charge is 0.274 e. The average molecular weight is 279 g/mol. The zero-order valence-electron chi connectivity index (χ0n) is 11.7. The number of carbonyl (C=O) groups excluding carboxylic acids is 2. The van der Waals surface area contributed by atoms with Gasteiger partial charge in [-0.05, 0) is 17.5 Å². The van der Waals surface area contributed by atoms with Crippen LogP contribution in [-0.4, -0.2) is 16.7 Å². The van der Waals surface area contributed by atoms with E-state index in [1.54, 1.807) is 0 Å². The van der Waals surface area contributed by atoms with Crippen LogP contribution < -0.4 is 0 Å². The Kier molecular flexibility index (Phi) is 3.82. The summed E-state index contributed by atoms with van der Waals surface area (Å²) in [5.41, 5.74) is 1.93. The highest BCUT2D eigenvalue weighted by atomic mass is 16.2. The van der Waals surface area contributed by atoms with Crippen molar-refractivity contribution < 1.29 is 9.59 Å². The van der Waals surface area contributed by atoms with Crippen molar-refractivity contribution in [1.82, 2.24) is 4.90 Å². The molecule has 0 bridgehead atoms. The number of piperidine rings is 1. The van der Waals surface area contributed by atoms with E-state index in [1.807, 2.05) is 60.7 Å². The number of imide groups is 1. The molecule has 1 saturated heterocycles. The van der Waals surface area contributed by atoms with Crippen molar-refractivity contribution in [3.63, 3.8) is 0 Å². The smallest absolute Gasteiger partial charge is 0.230 e. The highest BCUT2D eigenvalue weighted by Gasteiger charge is 2.34. The van der Waals surface area contributed by atoms with Crippen LogP contribution in [0.1, 0.15) is 36.4 Å². The van der Waals surface area contributed by atoms with Crippen molar-refractivity contribution in [2.75, 3.05) is 0 Å². The normalized spacial score (nSPS) is 15.6. The minimum Gasteiger partial charge on any atom is -0.274 e. The standard InChI is InChI=1S/C18H17NO2/c20-16-12-7-13-17(21)19(16)18(14-8-3-1-4-9-14)15-10-5-2-6-11-15/h1-6,8-11,18H,7,12-13H2. The van der Waals surface area contributed by atoms with Crippen molar-refractivity contribution in [1.29, 1.82) is 0 Å². The van der Waals surface area contributed by atoms with Gasteiger partial charge in [0.15, 0.2) is 0 Å².